The van der Waals surface area contributed by atoms with Crippen LogP contribution in [-0.4, -0.2) is 22.0 Å². The first kappa shape index (κ1) is 29.4. The fourth-order valence-corrected chi connectivity index (χ4v) is 5.06. The molecule has 2 amide bonds. The number of anilines is 1. The maximum absolute atomic E-state index is 14.4. The summed E-state index contributed by atoms with van der Waals surface area (Å²) in [6, 6.07) is 28.8. The van der Waals surface area contributed by atoms with Gasteiger partial charge in [-0.1, -0.05) is 81.3 Å². The van der Waals surface area contributed by atoms with Crippen molar-refractivity contribution in [2.75, 3.05) is 11.9 Å². The molecule has 0 fully saturated rings. The third kappa shape index (κ3) is 6.93. The van der Waals surface area contributed by atoms with Crippen molar-refractivity contribution >= 4 is 11.7 Å². The highest BCUT2D eigenvalue weighted by atomic mass is 16.2. The Morgan fingerprint density at radius 3 is 2.27 bits per heavy atom. The summed E-state index contributed by atoms with van der Waals surface area (Å²) in [5.74, 6) is 0. The van der Waals surface area contributed by atoms with E-state index in [9.17, 15) is 14.9 Å². The van der Waals surface area contributed by atoms with Crippen LogP contribution in [0.25, 0.3) is 16.8 Å². The number of amides is 2. The summed E-state index contributed by atoms with van der Waals surface area (Å²) in [6.07, 6.45) is 4.45. The van der Waals surface area contributed by atoms with Crippen molar-refractivity contribution in [1.29, 1.82) is 5.26 Å². The van der Waals surface area contributed by atoms with E-state index < -0.39 is 0 Å². The number of benzene rings is 3. The quantitative estimate of drug-likeness (QED) is 0.208. The zero-order chi connectivity index (χ0) is 29.2. The number of unbranched alkanes of at least 4 members (excludes halogenated alkanes) is 2. The van der Waals surface area contributed by atoms with Gasteiger partial charge >= 0.3 is 6.03 Å². The number of carbonyl (C=O) groups excluding carboxylic acids is 1. The van der Waals surface area contributed by atoms with E-state index in [2.05, 4.69) is 31.3 Å². The highest BCUT2D eigenvalue weighted by Gasteiger charge is 2.22. The van der Waals surface area contributed by atoms with Gasteiger partial charge in [0.1, 0.15) is 0 Å². The molecule has 0 spiro atoms. The lowest BCUT2D eigenvalue weighted by atomic mass is 9.97. The predicted molar refractivity (Wildman–Crippen MR) is 166 cm³/mol. The average Bonchev–Trinajstić information content (AvgIpc) is 3.00. The Morgan fingerprint density at radius 2 is 1.56 bits per heavy atom. The second-order valence-corrected chi connectivity index (χ2v) is 10.3. The molecule has 0 saturated heterocycles. The van der Waals surface area contributed by atoms with Gasteiger partial charge in [-0.2, -0.15) is 5.26 Å². The smallest absolute Gasteiger partial charge is 0.320 e. The Balaban J connectivity index is 1.84. The van der Waals surface area contributed by atoms with Gasteiger partial charge in [0.05, 0.1) is 23.9 Å². The van der Waals surface area contributed by atoms with Crippen molar-refractivity contribution in [3.8, 4) is 22.9 Å². The first-order chi connectivity index (χ1) is 20.0. The molecule has 210 valence electrons. The summed E-state index contributed by atoms with van der Waals surface area (Å²) in [7, 11) is 0. The monoisotopic (exact) mass is 546 g/mol. The molecule has 1 heterocycles. The number of hydrogen-bond acceptors (Lipinski definition) is 3. The predicted octanol–water partition coefficient (Wildman–Crippen LogP) is 7.86. The SMILES string of the molecule is CCCCc1cc(C)c(CN(CCCC)C(=O)Nc2ccccc2)c(=O)n1-c1ccccc1-c1ccccc1C#N. The van der Waals surface area contributed by atoms with Crippen LogP contribution in [0.5, 0.6) is 0 Å². The minimum Gasteiger partial charge on any atom is -0.320 e. The minimum absolute atomic E-state index is 0.132. The van der Waals surface area contributed by atoms with E-state index in [1.807, 2.05) is 79.7 Å². The van der Waals surface area contributed by atoms with Crippen LogP contribution in [0.15, 0.2) is 89.7 Å². The van der Waals surface area contributed by atoms with Crippen LogP contribution in [0.3, 0.4) is 0 Å². The normalized spacial score (nSPS) is 10.7. The standard InChI is InChI=1S/C35H38N4O2/c1-4-6-18-29-23-26(3)32(25-38(22-7-5-2)35(41)37-28-16-9-8-10-17-28)34(40)39(29)33-21-14-13-20-31(33)30-19-12-11-15-27(30)24-36/h8-17,19-21,23H,4-7,18,22,25H2,1-3H3,(H,37,41). The third-order valence-corrected chi connectivity index (χ3v) is 7.32. The third-order valence-electron chi connectivity index (χ3n) is 7.32. The molecule has 0 aliphatic rings. The summed E-state index contributed by atoms with van der Waals surface area (Å²) in [6.45, 7) is 6.93. The number of aryl methyl sites for hydroxylation is 2. The van der Waals surface area contributed by atoms with Gasteiger partial charge in [-0.25, -0.2) is 4.79 Å². The minimum atomic E-state index is -0.228. The lowest BCUT2D eigenvalue weighted by Gasteiger charge is -2.25. The number of para-hydroxylation sites is 2. The number of hydrogen-bond donors (Lipinski definition) is 1. The molecule has 0 atom stereocenters. The molecule has 0 radical (unpaired) electrons. The van der Waals surface area contributed by atoms with Crippen LogP contribution in [-0.2, 0) is 13.0 Å². The maximum atomic E-state index is 14.4. The van der Waals surface area contributed by atoms with E-state index in [0.717, 1.165) is 60.2 Å². The van der Waals surface area contributed by atoms with Gasteiger partial charge in [0.25, 0.3) is 5.56 Å². The summed E-state index contributed by atoms with van der Waals surface area (Å²) >= 11 is 0. The average molecular weight is 547 g/mol. The van der Waals surface area contributed by atoms with E-state index in [4.69, 9.17) is 0 Å². The Morgan fingerprint density at radius 1 is 0.902 bits per heavy atom. The molecule has 0 saturated carbocycles. The fraction of sp³-hybridized carbons (Fsp3) is 0.286. The number of aromatic nitrogens is 1. The molecule has 1 N–H and O–H groups in total. The molecular weight excluding hydrogens is 508 g/mol. The Hall–Kier alpha value is -4.63. The van der Waals surface area contributed by atoms with Gasteiger partial charge < -0.3 is 10.2 Å². The largest absolute Gasteiger partial charge is 0.322 e. The zero-order valence-corrected chi connectivity index (χ0v) is 24.2. The number of carbonyl (C=O) groups is 1. The molecule has 6 nitrogen and oxygen atoms in total. The highest BCUT2D eigenvalue weighted by Crippen LogP contribution is 2.30. The topological polar surface area (TPSA) is 78.1 Å². The molecule has 0 aliphatic carbocycles. The van der Waals surface area contributed by atoms with Crippen molar-refractivity contribution in [2.24, 2.45) is 0 Å². The summed E-state index contributed by atoms with van der Waals surface area (Å²) in [5, 5.41) is 12.8. The molecule has 3 aromatic carbocycles. The second-order valence-electron chi connectivity index (χ2n) is 10.3. The van der Waals surface area contributed by atoms with Crippen LogP contribution < -0.4 is 10.9 Å². The number of rotatable bonds is 11. The summed E-state index contributed by atoms with van der Waals surface area (Å²) in [4.78, 5) is 29.6. The molecular formula is C35H38N4O2. The molecule has 0 unspecified atom stereocenters. The fourth-order valence-electron chi connectivity index (χ4n) is 5.06. The van der Waals surface area contributed by atoms with E-state index in [1.54, 1.807) is 15.5 Å². The molecule has 0 bridgehead atoms. The first-order valence-electron chi connectivity index (χ1n) is 14.4. The van der Waals surface area contributed by atoms with Crippen LogP contribution in [0.1, 0.15) is 61.9 Å². The Kier molecular flexibility index (Phi) is 10.1. The van der Waals surface area contributed by atoms with Gasteiger partial charge in [0, 0.05) is 34.6 Å². The molecule has 41 heavy (non-hydrogen) atoms. The van der Waals surface area contributed by atoms with E-state index in [-0.39, 0.29) is 18.1 Å². The van der Waals surface area contributed by atoms with Crippen molar-refractivity contribution in [3.05, 3.63) is 118 Å². The number of pyridine rings is 1. The number of urea groups is 1. The second kappa shape index (κ2) is 14.1. The van der Waals surface area contributed by atoms with Crippen molar-refractivity contribution in [1.82, 2.24) is 9.47 Å². The van der Waals surface area contributed by atoms with Crippen molar-refractivity contribution < 1.29 is 4.79 Å². The molecule has 4 aromatic rings. The molecule has 6 heteroatoms. The maximum Gasteiger partial charge on any atom is 0.322 e. The van der Waals surface area contributed by atoms with Gasteiger partial charge in [0.2, 0.25) is 0 Å². The number of nitrogens with zero attached hydrogens (tertiary/aromatic N) is 3. The Bertz CT molecular complexity index is 1580. The molecule has 0 aliphatic heterocycles. The summed E-state index contributed by atoms with van der Waals surface area (Å²) < 4.78 is 1.80. The lowest BCUT2D eigenvalue weighted by Crippen LogP contribution is -2.38. The zero-order valence-electron chi connectivity index (χ0n) is 24.2. The first-order valence-corrected chi connectivity index (χ1v) is 14.4. The van der Waals surface area contributed by atoms with Crippen molar-refractivity contribution in [2.45, 2.75) is 59.4 Å². The van der Waals surface area contributed by atoms with Gasteiger partial charge in [-0.3, -0.25) is 9.36 Å². The lowest BCUT2D eigenvalue weighted by molar-refractivity contribution is 0.208. The van der Waals surface area contributed by atoms with Crippen molar-refractivity contribution in [3.63, 3.8) is 0 Å². The van der Waals surface area contributed by atoms with Crippen LogP contribution in [0.2, 0.25) is 0 Å². The van der Waals surface area contributed by atoms with E-state index >= 15 is 0 Å². The van der Waals surface area contributed by atoms with Gasteiger partial charge in [-0.15, -0.1) is 0 Å². The van der Waals surface area contributed by atoms with E-state index in [0.29, 0.717) is 23.4 Å². The highest BCUT2D eigenvalue weighted by molar-refractivity contribution is 5.89. The van der Waals surface area contributed by atoms with Crippen LogP contribution >= 0.6 is 0 Å². The van der Waals surface area contributed by atoms with E-state index in [1.165, 1.54) is 0 Å². The summed E-state index contributed by atoms with van der Waals surface area (Å²) in [5.41, 5.74) is 5.88. The molecule has 1 aromatic heterocycles. The number of nitrogens with one attached hydrogen (secondary N) is 1. The Labute approximate surface area is 242 Å². The van der Waals surface area contributed by atoms with Gasteiger partial charge in [0.15, 0.2) is 0 Å². The van der Waals surface area contributed by atoms with Crippen LogP contribution in [0, 0.1) is 18.3 Å². The van der Waals surface area contributed by atoms with Gasteiger partial charge in [-0.05, 0) is 62.1 Å². The van der Waals surface area contributed by atoms with Crippen LogP contribution in [0.4, 0.5) is 10.5 Å². The number of nitriles is 1. The molecule has 4 rings (SSSR count).